The Morgan fingerprint density at radius 2 is 2.00 bits per heavy atom. The summed E-state index contributed by atoms with van der Waals surface area (Å²) in [6, 6.07) is 11.4. The lowest BCUT2D eigenvalue weighted by atomic mass is 10.1. The molecule has 3 rings (SSSR count). The molecule has 0 aliphatic carbocycles. The van der Waals surface area contributed by atoms with E-state index in [4.69, 9.17) is 10.00 Å². The predicted molar refractivity (Wildman–Crippen MR) is 83.9 cm³/mol. The Balaban J connectivity index is 2.00. The van der Waals surface area contributed by atoms with Crippen LogP contribution in [-0.4, -0.2) is 12.0 Å². The number of fused-ring (bicyclic) bond motifs is 1. The van der Waals surface area contributed by atoms with Crippen molar-refractivity contribution in [2.75, 3.05) is 4.90 Å². The van der Waals surface area contributed by atoms with Crippen LogP contribution in [0.15, 0.2) is 42.5 Å². The number of carbonyl (C=O) groups excluding carboxylic acids is 1. The zero-order valence-electron chi connectivity index (χ0n) is 13.2. The second-order valence-corrected chi connectivity index (χ2v) is 5.68. The van der Waals surface area contributed by atoms with Crippen molar-refractivity contribution in [1.29, 1.82) is 5.26 Å². The first-order chi connectivity index (χ1) is 11.8. The van der Waals surface area contributed by atoms with Gasteiger partial charge < -0.3 is 9.64 Å². The molecule has 1 aliphatic rings. The molecule has 0 radical (unpaired) electrons. The molecule has 1 aliphatic heterocycles. The molecule has 0 fully saturated rings. The lowest BCUT2D eigenvalue weighted by molar-refractivity contribution is -0.137. The van der Waals surface area contributed by atoms with Crippen LogP contribution >= 0.6 is 0 Å². The molecule has 1 atom stereocenters. The molecule has 1 heterocycles. The minimum Gasteiger partial charge on any atom is -0.479 e. The van der Waals surface area contributed by atoms with Gasteiger partial charge in [0.1, 0.15) is 5.75 Å². The van der Waals surface area contributed by atoms with Gasteiger partial charge in [0.15, 0.2) is 6.10 Å². The predicted octanol–water partition coefficient (Wildman–Crippen LogP) is 3.89. The molecule has 0 saturated heterocycles. The molecule has 0 saturated carbocycles. The first kappa shape index (κ1) is 16.8. The van der Waals surface area contributed by atoms with Crippen molar-refractivity contribution in [3.8, 4) is 11.8 Å². The second-order valence-electron chi connectivity index (χ2n) is 5.68. The van der Waals surface area contributed by atoms with Gasteiger partial charge >= 0.3 is 6.18 Å². The van der Waals surface area contributed by atoms with E-state index in [0.717, 1.165) is 12.1 Å². The van der Waals surface area contributed by atoms with E-state index < -0.39 is 17.8 Å². The van der Waals surface area contributed by atoms with Crippen LogP contribution in [0, 0.1) is 11.3 Å². The number of benzene rings is 2. The van der Waals surface area contributed by atoms with Crippen LogP contribution in [0.2, 0.25) is 0 Å². The third-order valence-corrected chi connectivity index (χ3v) is 3.89. The maximum absolute atomic E-state index is 12.9. The third kappa shape index (κ3) is 3.29. The summed E-state index contributed by atoms with van der Waals surface area (Å²) in [6.45, 7) is 1.53. The lowest BCUT2D eigenvalue weighted by Gasteiger charge is -2.33. The summed E-state index contributed by atoms with van der Waals surface area (Å²) in [7, 11) is 0. The van der Waals surface area contributed by atoms with Crippen LogP contribution in [0.1, 0.15) is 23.6 Å². The number of hydrogen-bond acceptors (Lipinski definition) is 3. The van der Waals surface area contributed by atoms with Gasteiger partial charge in [-0.05, 0) is 42.8 Å². The first-order valence-corrected chi connectivity index (χ1v) is 7.48. The first-order valence-electron chi connectivity index (χ1n) is 7.48. The summed E-state index contributed by atoms with van der Waals surface area (Å²) in [5, 5.41) is 9.04. The van der Waals surface area contributed by atoms with Crippen molar-refractivity contribution in [2.24, 2.45) is 0 Å². The van der Waals surface area contributed by atoms with E-state index in [-0.39, 0.29) is 12.5 Å². The number of halogens is 3. The number of nitriles is 1. The number of rotatable bonds is 2. The topological polar surface area (TPSA) is 53.3 Å². The second kappa shape index (κ2) is 6.13. The van der Waals surface area contributed by atoms with E-state index in [2.05, 4.69) is 0 Å². The monoisotopic (exact) mass is 346 g/mol. The summed E-state index contributed by atoms with van der Waals surface area (Å²) in [4.78, 5) is 13.8. The van der Waals surface area contributed by atoms with Crippen molar-refractivity contribution in [3.05, 3.63) is 59.2 Å². The van der Waals surface area contributed by atoms with Gasteiger partial charge in [-0.15, -0.1) is 0 Å². The molecule has 0 aromatic heterocycles. The average molecular weight is 346 g/mol. The van der Waals surface area contributed by atoms with Crippen molar-refractivity contribution >= 4 is 11.6 Å². The molecule has 2 aromatic rings. The molecular weight excluding hydrogens is 333 g/mol. The van der Waals surface area contributed by atoms with Crippen LogP contribution in [0.25, 0.3) is 0 Å². The summed E-state index contributed by atoms with van der Waals surface area (Å²) >= 11 is 0. The van der Waals surface area contributed by atoms with Crippen molar-refractivity contribution in [2.45, 2.75) is 25.7 Å². The van der Waals surface area contributed by atoms with Gasteiger partial charge in [0.2, 0.25) is 0 Å². The molecular formula is C18H13F3N2O2. The fourth-order valence-electron chi connectivity index (χ4n) is 2.67. The zero-order chi connectivity index (χ0) is 18.2. The Kier molecular flexibility index (Phi) is 4.13. The van der Waals surface area contributed by atoms with E-state index in [1.54, 1.807) is 19.1 Å². The van der Waals surface area contributed by atoms with Gasteiger partial charge in [0.05, 0.1) is 29.4 Å². The van der Waals surface area contributed by atoms with Gasteiger partial charge in [0, 0.05) is 0 Å². The zero-order valence-corrected chi connectivity index (χ0v) is 13.2. The van der Waals surface area contributed by atoms with Gasteiger partial charge in [-0.2, -0.15) is 18.4 Å². The average Bonchev–Trinajstić information content (AvgIpc) is 2.58. The molecule has 0 bridgehead atoms. The number of nitrogens with zero attached hydrogens (tertiary/aromatic N) is 2. The van der Waals surface area contributed by atoms with Gasteiger partial charge in [-0.25, -0.2) is 0 Å². The molecule has 1 unspecified atom stereocenters. The molecule has 0 spiro atoms. The molecule has 1 amide bonds. The Hall–Kier alpha value is -3.01. The summed E-state index contributed by atoms with van der Waals surface area (Å²) in [5.74, 6) is 0.0399. The largest absolute Gasteiger partial charge is 0.479 e. The summed E-state index contributed by atoms with van der Waals surface area (Å²) < 4.78 is 44.2. The fourth-order valence-corrected chi connectivity index (χ4v) is 2.67. The van der Waals surface area contributed by atoms with Crippen molar-refractivity contribution in [1.82, 2.24) is 0 Å². The number of ether oxygens (including phenoxy) is 1. The van der Waals surface area contributed by atoms with E-state index in [1.165, 1.54) is 23.1 Å². The molecule has 7 heteroatoms. The smallest absolute Gasteiger partial charge is 0.416 e. The standard InChI is InChI=1S/C18H13F3N2O2/c1-11-17(24)23(15-8-12(9-22)5-6-16(15)25-11)10-13-3-2-4-14(7-13)18(19,20)21/h2-8,11H,10H2,1H3. The Labute approximate surface area is 142 Å². The minimum atomic E-state index is -4.45. The minimum absolute atomic E-state index is 0.0433. The van der Waals surface area contributed by atoms with Gasteiger partial charge in [0.25, 0.3) is 5.91 Å². The normalized spacial score (nSPS) is 16.8. The number of anilines is 1. The fraction of sp³-hybridized carbons (Fsp3) is 0.222. The van der Waals surface area contributed by atoms with Crippen LogP contribution in [0.3, 0.4) is 0 Å². The number of amides is 1. The third-order valence-electron chi connectivity index (χ3n) is 3.89. The SMILES string of the molecule is CC1Oc2ccc(C#N)cc2N(Cc2cccc(C(F)(F)F)c2)C1=O. The van der Waals surface area contributed by atoms with Crippen molar-refractivity contribution in [3.63, 3.8) is 0 Å². The van der Waals surface area contributed by atoms with E-state index in [9.17, 15) is 18.0 Å². The van der Waals surface area contributed by atoms with Crippen LogP contribution in [0.5, 0.6) is 5.75 Å². The lowest BCUT2D eigenvalue weighted by Crippen LogP contribution is -2.44. The van der Waals surface area contributed by atoms with Crippen molar-refractivity contribution < 1.29 is 22.7 Å². The number of carbonyl (C=O) groups is 1. The highest BCUT2D eigenvalue weighted by atomic mass is 19.4. The summed E-state index contributed by atoms with van der Waals surface area (Å²) in [6.07, 6.45) is -5.21. The highest BCUT2D eigenvalue weighted by Gasteiger charge is 2.33. The number of hydrogen-bond donors (Lipinski definition) is 0. The Morgan fingerprint density at radius 1 is 1.24 bits per heavy atom. The van der Waals surface area contributed by atoms with E-state index >= 15 is 0 Å². The Bertz CT molecular complexity index is 871. The Morgan fingerprint density at radius 3 is 2.68 bits per heavy atom. The van der Waals surface area contributed by atoms with Gasteiger partial charge in [-0.3, -0.25) is 4.79 Å². The van der Waals surface area contributed by atoms with E-state index in [1.807, 2.05) is 6.07 Å². The van der Waals surface area contributed by atoms with E-state index in [0.29, 0.717) is 22.6 Å². The number of alkyl halides is 3. The maximum Gasteiger partial charge on any atom is 0.416 e. The summed E-state index contributed by atoms with van der Waals surface area (Å²) in [5.41, 5.74) is 0.272. The molecule has 0 N–H and O–H groups in total. The van der Waals surface area contributed by atoms with Crippen LogP contribution in [-0.2, 0) is 17.5 Å². The molecule has 25 heavy (non-hydrogen) atoms. The molecule has 128 valence electrons. The van der Waals surface area contributed by atoms with Gasteiger partial charge in [-0.1, -0.05) is 12.1 Å². The van der Waals surface area contributed by atoms with Crippen LogP contribution < -0.4 is 9.64 Å². The highest BCUT2D eigenvalue weighted by Crippen LogP contribution is 2.36. The maximum atomic E-state index is 12.9. The highest BCUT2D eigenvalue weighted by molar-refractivity contribution is 5.99. The molecule has 4 nitrogen and oxygen atoms in total. The quantitative estimate of drug-likeness (QED) is 0.829. The van der Waals surface area contributed by atoms with Crippen LogP contribution in [0.4, 0.5) is 18.9 Å². The molecule has 2 aromatic carbocycles.